The average Bonchev–Trinajstić information content (AvgIpc) is 2.39. The molecule has 94 valence electrons. The van der Waals surface area contributed by atoms with Crippen molar-refractivity contribution in [2.24, 2.45) is 0 Å². The Hall–Kier alpha value is -1.13. The van der Waals surface area contributed by atoms with Crippen LogP contribution in [0.3, 0.4) is 0 Å². The number of hydrogen-bond donors (Lipinski definition) is 0. The molecule has 1 atom stereocenters. The van der Waals surface area contributed by atoms with Crippen LogP contribution in [0.2, 0.25) is 0 Å². The van der Waals surface area contributed by atoms with E-state index in [9.17, 15) is 8.42 Å². The number of alkyl halides is 1. The van der Waals surface area contributed by atoms with Crippen LogP contribution < -0.4 is 0 Å². The van der Waals surface area contributed by atoms with Crippen molar-refractivity contribution >= 4 is 25.8 Å². The molecule has 0 aliphatic heterocycles. The highest BCUT2D eigenvalue weighted by Gasteiger charge is 2.24. The van der Waals surface area contributed by atoms with Crippen molar-refractivity contribution in [2.45, 2.75) is 9.91 Å². The Morgan fingerprint density at radius 2 is 1.39 bits per heavy atom. The van der Waals surface area contributed by atoms with E-state index in [4.69, 9.17) is 0 Å². The van der Waals surface area contributed by atoms with Gasteiger partial charge in [0.25, 0.3) is 0 Å². The van der Waals surface area contributed by atoms with Crippen molar-refractivity contribution in [3.05, 3.63) is 71.8 Å². The van der Waals surface area contributed by atoms with Crippen LogP contribution in [0.4, 0.5) is 0 Å². The van der Waals surface area contributed by atoms with Gasteiger partial charge < -0.3 is 0 Å². The van der Waals surface area contributed by atoms with Gasteiger partial charge in [-0.15, -0.1) is 0 Å². The van der Waals surface area contributed by atoms with Crippen LogP contribution >= 0.6 is 15.9 Å². The fraction of sp³-hybridized carbons (Fsp3) is 0.143. The molecule has 0 bridgehead atoms. The summed E-state index contributed by atoms with van der Waals surface area (Å²) in [5.74, 6) is 0.0403. The Labute approximate surface area is 116 Å². The van der Waals surface area contributed by atoms with Crippen LogP contribution in [0.1, 0.15) is 15.3 Å². The van der Waals surface area contributed by atoms with E-state index >= 15 is 0 Å². The summed E-state index contributed by atoms with van der Waals surface area (Å²) < 4.78 is 23.8. The normalized spacial score (nSPS) is 13.2. The highest BCUT2D eigenvalue weighted by atomic mass is 79.9. The molecule has 2 rings (SSSR count). The topological polar surface area (TPSA) is 34.1 Å². The van der Waals surface area contributed by atoms with Gasteiger partial charge in [0.2, 0.25) is 0 Å². The second kappa shape index (κ2) is 5.67. The lowest BCUT2D eigenvalue weighted by molar-refractivity contribution is 0.594. The van der Waals surface area contributed by atoms with E-state index in [-0.39, 0.29) is 5.75 Å². The Bertz CT molecular complexity index is 594. The average molecular weight is 325 g/mol. The zero-order valence-electron chi connectivity index (χ0n) is 9.66. The Morgan fingerprint density at radius 1 is 0.889 bits per heavy atom. The zero-order valence-corrected chi connectivity index (χ0v) is 12.1. The molecule has 0 aromatic heterocycles. The molecule has 1 unspecified atom stereocenters. The highest BCUT2D eigenvalue weighted by Crippen LogP contribution is 2.31. The molecule has 0 saturated heterocycles. The smallest absolute Gasteiger partial charge is 0.171 e. The van der Waals surface area contributed by atoms with Gasteiger partial charge in [-0.3, -0.25) is 0 Å². The van der Waals surface area contributed by atoms with Crippen LogP contribution in [0.5, 0.6) is 0 Å². The van der Waals surface area contributed by atoms with Crippen LogP contribution in [-0.4, -0.2) is 8.42 Å². The Balaban J connectivity index is 2.22. The van der Waals surface area contributed by atoms with E-state index in [1.54, 1.807) is 0 Å². The van der Waals surface area contributed by atoms with Gasteiger partial charge in [-0.05, 0) is 11.1 Å². The van der Waals surface area contributed by atoms with Crippen molar-refractivity contribution in [3.8, 4) is 0 Å². The van der Waals surface area contributed by atoms with Crippen molar-refractivity contribution in [3.63, 3.8) is 0 Å². The first-order chi connectivity index (χ1) is 8.59. The molecule has 0 heterocycles. The van der Waals surface area contributed by atoms with E-state index < -0.39 is 14.0 Å². The number of benzene rings is 2. The molecule has 2 nitrogen and oxygen atoms in total. The predicted octanol–water partition coefficient (Wildman–Crippen LogP) is 3.70. The summed E-state index contributed by atoms with van der Waals surface area (Å²) in [5.41, 5.74) is 1.56. The molecule has 0 aliphatic rings. The first-order valence-electron chi connectivity index (χ1n) is 5.54. The van der Waals surface area contributed by atoms with E-state index in [1.807, 2.05) is 60.7 Å². The molecule has 2 aromatic carbocycles. The fourth-order valence-electron chi connectivity index (χ4n) is 1.69. The number of sulfone groups is 1. The minimum atomic E-state index is -3.25. The standard InChI is InChI=1S/C14H13BrO2S/c15-14(13-9-5-2-6-10-13)18(16,17)11-12-7-3-1-4-8-12/h1-10,14H,11H2. The van der Waals surface area contributed by atoms with Gasteiger partial charge in [-0.2, -0.15) is 0 Å². The van der Waals surface area contributed by atoms with Gasteiger partial charge in [0.05, 0.1) is 5.75 Å². The molecule has 0 radical (unpaired) electrons. The van der Waals surface area contributed by atoms with Crippen LogP contribution in [-0.2, 0) is 15.6 Å². The minimum Gasteiger partial charge on any atom is -0.227 e. The Kier molecular flexibility index (Phi) is 4.19. The summed E-state index contributed by atoms with van der Waals surface area (Å²) in [5, 5.41) is 0. The largest absolute Gasteiger partial charge is 0.227 e. The van der Waals surface area contributed by atoms with E-state index in [1.165, 1.54) is 0 Å². The van der Waals surface area contributed by atoms with E-state index in [0.29, 0.717) is 0 Å². The number of rotatable bonds is 4. The molecule has 2 aromatic rings. The monoisotopic (exact) mass is 324 g/mol. The summed E-state index contributed by atoms with van der Waals surface area (Å²) >= 11 is 3.28. The quantitative estimate of drug-likeness (QED) is 0.804. The maximum atomic E-state index is 12.3. The first-order valence-corrected chi connectivity index (χ1v) is 8.17. The third kappa shape index (κ3) is 3.21. The predicted molar refractivity (Wildman–Crippen MR) is 77.2 cm³/mol. The summed E-state index contributed by atoms with van der Waals surface area (Å²) in [4.78, 5) is 0. The molecule has 0 aliphatic carbocycles. The molecular formula is C14H13BrO2S. The molecular weight excluding hydrogens is 312 g/mol. The van der Waals surface area contributed by atoms with E-state index in [0.717, 1.165) is 11.1 Å². The van der Waals surface area contributed by atoms with Crippen molar-refractivity contribution < 1.29 is 8.42 Å². The fourth-order valence-corrected chi connectivity index (χ4v) is 3.77. The van der Waals surface area contributed by atoms with Gasteiger partial charge in [0.15, 0.2) is 9.84 Å². The maximum Gasteiger partial charge on any atom is 0.171 e. The number of halogens is 1. The summed E-state index contributed by atoms with van der Waals surface area (Å²) in [6.45, 7) is 0. The van der Waals surface area contributed by atoms with Gasteiger partial charge in [-0.1, -0.05) is 76.6 Å². The van der Waals surface area contributed by atoms with Crippen molar-refractivity contribution in [2.75, 3.05) is 0 Å². The lowest BCUT2D eigenvalue weighted by atomic mass is 10.2. The molecule has 18 heavy (non-hydrogen) atoms. The van der Waals surface area contributed by atoms with Gasteiger partial charge in [-0.25, -0.2) is 8.42 Å². The third-order valence-electron chi connectivity index (χ3n) is 2.59. The maximum absolute atomic E-state index is 12.3. The first kappa shape index (κ1) is 13.3. The molecule has 0 saturated carbocycles. The van der Waals surface area contributed by atoms with E-state index in [2.05, 4.69) is 15.9 Å². The van der Waals surface area contributed by atoms with Gasteiger partial charge in [0.1, 0.15) is 4.16 Å². The van der Waals surface area contributed by atoms with Gasteiger partial charge in [0, 0.05) is 0 Å². The second-order valence-electron chi connectivity index (χ2n) is 4.02. The van der Waals surface area contributed by atoms with Crippen molar-refractivity contribution in [1.29, 1.82) is 0 Å². The zero-order chi connectivity index (χ0) is 13.0. The SMILES string of the molecule is O=S(=O)(Cc1ccccc1)C(Br)c1ccccc1. The molecule has 4 heteroatoms. The van der Waals surface area contributed by atoms with Crippen molar-refractivity contribution in [1.82, 2.24) is 0 Å². The molecule has 0 fully saturated rings. The third-order valence-corrected chi connectivity index (χ3v) is 6.46. The Morgan fingerprint density at radius 3 is 1.94 bits per heavy atom. The van der Waals surface area contributed by atoms with Crippen LogP contribution in [0.15, 0.2) is 60.7 Å². The van der Waals surface area contributed by atoms with Gasteiger partial charge >= 0.3 is 0 Å². The summed E-state index contributed by atoms with van der Waals surface area (Å²) in [6.07, 6.45) is 0. The lowest BCUT2D eigenvalue weighted by Crippen LogP contribution is -2.10. The highest BCUT2D eigenvalue weighted by molar-refractivity contribution is 9.10. The van der Waals surface area contributed by atoms with Crippen LogP contribution in [0.25, 0.3) is 0 Å². The molecule has 0 spiro atoms. The van der Waals surface area contributed by atoms with Crippen LogP contribution in [0, 0.1) is 0 Å². The second-order valence-corrected chi connectivity index (χ2v) is 7.63. The lowest BCUT2D eigenvalue weighted by Gasteiger charge is -2.11. The number of hydrogen-bond acceptors (Lipinski definition) is 2. The molecule has 0 amide bonds. The summed E-state index contributed by atoms with van der Waals surface area (Å²) in [6, 6.07) is 18.4. The molecule has 0 N–H and O–H groups in total. The minimum absolute atomic E-state index is 0.0403. The summed E-state index contributed by atoms with van der Waals surface area (Å²) in [7, 11) is -3.25.